The molecule has 0 spiro atoms. The molecule has 0 saturated heterocycles. The second-order valence-electron chi connectivity index (χ2n) is 3.31. The van der Waals surface area contributed by atoms with Crippen LogP contribution in [0.2, 0.25) is 0 Å². The maximum Gasteiger partial charge on any atom is 0.374 e. The van der Waals surface area contributed by atoms with Crippen molar-refractivity contribution in [2.75, 3.05) is 0 Å². The molecule has 0 saturated carbocycles. The molecule has 0 fully saturated rings. The molecule has 0 atom stereocenters. The number of thiazole rings is 1. The first-order valence-electron chi connectivity index (χ1n) is 4.89. The van der Waals surface area contributed by atoms with Gasteiger partial charge in [-0.25, -0.2) is 4.98 Å². The highest BCUT2D eigenvalue weighted by Crippen LogP contribution is 2.28. The Bertz CT molecular complexity index is 640. The highest BCUT2D eigenvalue weighted by Gasteiger charge is 2.17. The highest BCUT2D eigenvalue weighted by molar-refractivity contribution is 7.12. The zero-order valence-corrected chi connectivity index (χ0v) is 11.3. The molecule has 5 nitrogen and oxygen atoms in total. The first-order chi connectivity index (χ1) is 8.65. The van der Waals surface area contributed by atoms with Gasteiger partial charge in [0.25, 0.3) is 0 Å². The van der Waals surface area contributed by atoms with Crippen molar-refractivity contribution in [1.29, 1.82) is 5.26 Å². The van der Waals surface area contributed by atoms with Crippen LogP contribution in [-0.4, -0.2) is 23.2 Å². The third-order valence-electron chi connectivity index (χ3n) is 2.05. The van der Waals surface area contributed by atoms with Crippen molar-refractivity contribution >= 4 is 42.1 Å². The van der Waals surface area contributed by atoms with Gasteiger partial charge in [-0.3, -0.25) is 0 Å². The van der Waals surface area contributed by atoms with Crippen LogP contribution in [0.5, 0.6) is 0 Å². The molecule has 0 unspecified atom stereocenters. The van der Waals surface area contributed by atoms with E-state index in [0.29, 0.717) is 10.7 Å². The maximum atomic E-state index is 9.24. The average Bonchev–Trinajstić information content (AvgIpc) is 2.95. The van der Waals surface area contributed by atoms with E-state index in [1.807, 2.05) is 19.9 Å². The normalized spacial score (nSPS) is 11.8. The lowest BCUT2D eigenvalue weighted by Gasteiger charge is -2.04. The molecular weight excluding hydrogens is 267 g/mol. The molecule has 2 aromatic heterocycles. The van der Waals surface area contributed by atoms with Crippen LogP contribution in [0, 0.1) is 25.2 Å². The van der Waals surface area contributed by atoms with Gasteiger partial charge in [0.2, 0.25) is 0 Å². The van der Waals surface area contributed by atoms with Gasteiger partial charge in [-0.15, -0.1) is 21.5 Å². The van der Waals surface area contributed by atoms with Crippen LogP contribution in [0.25, 0.3) is 11.3 Å². The minimum Gasteiger partial charge on any atom is -0.565 e. The van der Waals surface area contributed by atoms with Gasteiger partial charge in [0, 0.05) is 5.38 Å². The fraction of sp³-hybridized carbons (Fsp3) is 0.200. The molecular formula is C10H7BN4OS2. The Kier molecular flexibility index (Phi) is 3.74. The highest BCUT2D eigenvalue weighted by atomic mass is 32.1. The molecule has 0 amide bonds. The molecule has 0 aliphatic carbocycles. The molecule has 0 aromatic carbocycles. The summed E-state index contributed by atoms with van der Waals surface area (Å²) < 4.78 is 4.80. The first kappa shape index (κ1) is 12.7. The minimum absolute atomic E-state index is 0.202. The smallest absolute Gasteiger partial charge is 0.374 e. The monoisotopic (exact) mass is 274 g/mol. The Balaban J connectivity index is 2.56. The quantitative estimate of drug-likeness (QED) is 0.487. The second kappa shape index (κ2) is 5.29. The zero-order valence-electron chi connectivity index (χ0n) is 9.67. The third kappa shape index (κ3) is 2.42. The molecule has 18 heavy (non-hydrogen) atoms. The van der Waals surface area contributed by atoms with E-state index >= 15 is 0 Å². The van der Waals surface area contributed by atoms with Crippen molar-refractivity contribution in [1.82, 2.24) is 15.2 Å². The van der Waals surface area contributed by atoms with E-state index in [-0.39, 0.29) is 11.3 Å². The summed E-state index contributed by atoms with van der Waals surface area (Å²) in [6.45, 7) is 3.68. The van der Waals surface area contributed by atoms with Crippen molar-refractivity contribution in [2.45, 2.75) is 13.8 Å². The van der Waals surface area contributed by atoms with E-state index in [9.17, 15) is 5.26 Å². The summed E-state index contributed by atoms with van der Waals surface area (Å²) in [5.41, 5.74) is 0.798. The Hall–Kier alpha value is -1.72. The molecule has 0 N–H and O–H groups in total. The summed E-state index contributed by atoms with van der Waals surface area (Å²) in [6.07, 6.45) is 0. The maximum absolute atomic E-state index is 9.24. The second-order valence-corrected chi connectivity index (χ2v) is 5.56. The number of hydrogen-bond donors (Lipinski definition) is 0. The van der Waals surface area contributed by atoms with E-state index in [4.69, 9.17) is 12.7 Å². The van der Waals surface area contributed by atoms with Crippen LogP contribution in [0.15, 0.2) is 5.38 Å². The summed E-state index contributed by atoms with van der Waals surface area (Å²) in [6, 6.07) is 2.05. The Morgan fingerprint density at radius 1 is 1.39 bits per heavy atom. The lowest BCUT2D eigenvalue weighted by Crippen LogP contribution is -1.94. The van der Waals surface area contributed by atoms with Crippen LogP contribution in [-0.2, 0) is 4.65 Å². The van der Waals surface area contributed by atoms with Gasteiger partial charge < -0.3 is 4.65 Å². The predicted octanol–water partition coefficient (Wildman–Crippen LogP) is 2.10. The summed E-state index contributed by atoms with van der Waals surface area (Å²) in [5.74, 6) is 0.202. The molecule has 0 aliphatic rings. The van der Waals surface area contributed by atoms with Crippen molar-refractivity contribution in [2.24, 2.45) is 0 Å². The van der Waals surface area contributed by atoms with Crippen LogP contribution < -0.4 is 0 Å². The molecule has 88 valence electrons. The van der Waals surface area contributed by atoms with E-state index in [1.165, 1.54) is 22.7 Å². The molecule has 8 heteroatoms. The number of nitriles is 1. The fourth-order valence-corrected chi connectivity index (χ4v) is 2.60. The van der Waals surface area contributed by atoms with Gasteiger partial charge in [0.05, 0.1) is 10.7 Å². The average molecular weight is 274 g/mol. The SMILES string of the molecule is [B]OC(=C(C#N)c1csc(C)n1)c1nnc(C)s1. The van der Waals surface area contributed by atoms with Crippen molar-refractivity contribution in [3.8, 4) is 6.07 Å². The number of allylic oxidation sites excluding steroid dienone is 1. The predicted molar refractivity (Wildman–Crippen MR) is 70.8 cm³/mol. The number of hydrogen-bond acceptors (Lipinski definition) is 7. The van der Waals surface area contributed by atoms with E-state index in [1.54, 1.807) is 5.38 Å². The summed E-state index contributed by atoms with van der Waals surface area (Å²) >= 11 is 2.76. The number of aromatic nitrogens is 3. The summed E-state index contributed by atoms with van der Waals surface area (Å²) in [5, 5.41) is 20.9. The number of rotatable bonds is 3. The van der Waals surface area contributed by atoms with E-state index < -0.39 is 0 Å². The van der Waals surface area contributed by atoms with E-state index in [2.05, 4.69) is 15.2 Å². The van der Waals surface area contributed by atoms with Gasteiger partial charge in [-0.2, -0.15) is 5.26 Å². The van der Waals surface area contributed by atoms with Crippen molar-refractivity contribution in [3.63, 3.8) is 0 Å². The van der Waals surface area contributed by atoms with Crippen LogP contribution in [0.1, 0.15) is 20.7 Å². The van der Waals surface area contributed by atoms with Crippen LogP contribution >= 0.6 is 22.7 Å². The topological polar surface area (TPSA) is 71.7 Å². The van der Waals surface area contributed by atoms with Crippen molar-refractivity contribution in [3.05, 3.63) is 26.1 Å². The Morgan fingerprint density at radius 3 is 2.61 bits per heavy atom. The standard InChI is InChI=1S/C10H7BN4OS2/c1-5-13-8(4-17-5)7(3-12)9(16-11)10-15-14-6(2)18-10/h4H,1-2H3. The summed E-state index contributed by atoms with van der Waals surface area (Å²) in [4.78, 5) is 4.24. The van der Waals surface area contributed by atoms with Gasteiger partial charge in [0.1, 0.15) is 16.6 Å². The number of nitrogens with zero attached hydrogens (tertiary/aromatic N) is 4. The summed E-state index contributed by atoms with van der Waals surface area (Å²) in [7, 11) is 5.24. The Morgan fingerprint density at radius 2 is 2.17 bits per heavy atom. The van der Waals surface area contributed by atoms with Gasteiger partial charge in [0.15, 0.2) is 10.8 Å². The van der Waals surface area contributed by atoms with Crippen LogP contribution in [0.3, 0.4) is 0 Å². The molecule has 2 rings (SSSR count). The lowest BCUT2D eigenvalue weighted by atomic mass is 10.2. The molecule has 2 radical (unpaired) electrons. The third-order valence-corrected chi connectivity index (χ3v) is 3.66. The van der Waals surface area contributed by atoms with Crippen LogP contribution in [0.4, 0.5) is 0 Å². The molecule has 2 aromatic rings. The number of aryl methyl sites for hydroxylation is 2. The molecule has 2 heterocycles. The zero-order chi connectivity index (χ0) is 13.1. The Labute approximate surface area is 113 Å². The largest absolute Gasteiger partial charge is 0.565 e. The first-order valence-corrected chi connectivity index (χ1v) is 6.59. The molecule has 0 bridgehead atoms. The minimum atomic E-state index is 0.202. The van der Waals surface area contributed by atoms with Gasteiger partial charge in [-0.05, 0) is 13.8 Å². The fourth-order valence-electron chi connectivity index (χ4n) is 1.31. The van der Waals surface area contributed by atoms with Gasteiger partial charge >= 0.3 is 8.05 Å². The van der Waals surface area contributed by atoms with E-state index in [0.717, 1.165) is 10.0 Å². The lowest BCUT2D eigenvalue weighted by molar-refractivity contribution is 0.572. The van der Waals surface area contributed by atoms with Gasteiger partial charge in [-0.1, -0.05) is 11.3 Å². The molecule has 0 aliphatic heterocycles. The van der Waals surface area contributed by atoms with Crippen molar-refractivity contribution < 1.29 is 4.65 Å².